The molecule has 0 unspecified atom stereocenters. The summed E-state index contributed by atoms with van der Waals surface area (Å²) in [5, 5.41) is 6.09. The fourth-order valence-electron chi connectivity index (χ4n) is 12.3. The van der Waals surface area contributed by atoms with Crippen molar-refractivity contribution in [1.82, 2.24) is 24.7 Å². The summed E-state index contributed by atoms with van der Waals surface area (Å²) in [6, 6.07) is 31.2. The van der Waals surface area contributed by atoms with Crippen molar-refractivity contribution in [3.63, 3.8) is 0 Å². The third-order valence-electron chi connectivity index (χ3n) is 17.1. The number of benzene rings is 5. The van der Waals surface area contributed by atoms with E-state index in [1.165, 1.54) is 45.5 Å². The van der Waals surface area contributed by atoms with E-state index in [0.717, 1.165) is 113 Å². The molecule has 4 saturated heterocycles. The van der Waals surface area contributed by atoms with Crippen LogP contribution in [0.5, 0.6) is 5.75 Å². The number of nitrogens with one attached hydrogen (secondary N) is 3. The van der Waals surface area contributed by atoms with Crippen LogP contribution < -0.4 is 34.8 Å². The average Bonchev–Trinajstić information content (AvgIpc) is 1.15. The van der Waals surface area contributed by atoms with Gasteiger partial charge in [-0.05, 0) is 128 Å². The van der Waals surface area contributed by atoms with E-state index in [4.69, 9.17) is 21.1 Å². The van der Waals surface area contributed by atoms with Crippen molar-refractivity contribution >= 4 is 89.4 Å². The lowest BCUT2D eigenvalue weighted by Crippen LogP contribution is -2.50. The highest BCUT2D eigenvalue weighted by atomic mass is 35.5. The molecule has 0 saturated carbocycles. The van der Waals surface area contributed by atoms with Crippen molar-refractivity contribution in [3.05, 3.63) is 137 Å². The Morgan fingerprint density at radius 1 is 0.784 bits per heavy atom. The lowest BCUT2D eigenvalue weighted by Gasteiger charge is -2.44. The van der Waals surface area contributed by atoms with Crippen molar-refractivity contribution in [2.75, 3.05) is 138 Å². The van der Waals surface area contributed by atoms with Crippen molar-refractivity contribution in [1.29, 1.82) is 0 Å². The van der Waals surface area contributed by atoms with Gasteiger partial charge < -0.3 is 29.5 Å². The molecular formula is C63H75ClF3N9O9S3. The third-order valence-corrected chi connectivity index (χ3v) is 21.4. The molecule has 4 aliphatic heterocycles. The van der Waals surface area contributed by atoms with Gasteiger partial charge in [0.05, 0.1) is 30.0 Å². The molecule has 1 aliphatic carbocycles. The Labute approximate surface area is 522 Å². The molecular weight excluding hydrogens is 1220 g/mol. The second kappa shape index (κ2) is 28.2. The molecule has 3 N–H and O–H groups in total. The van der Waals surface area contributed by atoms with Gasteiger partial charge in [0, 0.05) is 149 Å². The molecule has 2 atom stereocenters. The summed E-state index contributed by atoms with van der Waals surface area (Å²) in [7, 11) is -9.41. The molecule has 5 aromatic rings. The highest BCUT2D eigenvalue weighted by Gasteiger charge is 2.49. The number of hydrogen-bond acceptors (Lipinski definition) is 16. The van der Waals surface area contributed by atoms with Crippen LogP contribution >= 0.6 is 23.4 Å². The predicted octanol–water partition coefficient (Wildman–Crippen LogP) is 9.48. The predicted molar refractivity (Wildman–Crippen MR) is 338 cm³/mol. The number of alkyl halides is 3. The lowest BCUT2D eigenvalue weighted by molar-refractivity contribution is -0.120. The number of rotatable bonds is 21. The first kappa shape index (κ1) is 64.6. The quantitative estimate of drug-likeness (QED) is 0.0588. The third kappa shape index (κ3) is 16.0. The molecule has 10 rings (SSSR count). The number of carbonyl (C=O) groups excluding carboxylic acids is 3. The van der Waals surface area contributed by atoms with Gasteiger partial charge in [0.15, 0.2) is 0 Å². The minimum atomic E-state index is -6.10. The SMILES string of the molecule is COc1cc(N2CCN(C[C@]3(C)CCC(c4ccc(Cl)cc4)=C(CN4CCN(c5ccc(C(=O)NS(=O)(=O)c6ccc(N[C@H](CCN7CCCOCC7)CSc7ccccc7)c(S(=O)(=O)C(F)(F)F)c6)cc5)CC4)C3)CC2)ccc1N1CCC(=O)NC1=O. The summed E-state index contributed by atoms with van der Waals surface area (Å²) < 4.78 is 110. The molecule has 88 heavy (non-hydrogen) atoms. The summed E-state index contributed by atoms with van der Waals surface area (Å²) in [4.78, 5) is 50.1. The number of imide groups is 1. The number of halogens is 4. The van der Waals surface area contributed by atoms with Gasteiger partial charge in [-0.1, -0.05) is 54.4 Å². The molecule has 4 fully saturated rings. The normalized spacial score (nSPS) is 20.1. The van der Waals surface area contributed by atoms with E-state index in [9.17, 15) is 44.4 Å². The number of carbonyl (C=O) groups is 3. The average molecular weight is 1290 g/mol. The number of amides is 4. The number of ether oxygens (including phenoxy) is 2. The fraction of sp³-hybridized carbons (Fsp3) is 0.444. The molecule has 0 bridgehead atoms. The highest BCUT2D eigenvalue weighted by molar-refractivity contribution is 7.99. The number of urea groups is 1. The molecule has 5 aromatic carbocycles. The number of allylic oxidation sites excluding steroid dienone is 1. The summed E-state index contributed by atoms with van der Waals surface area (Å²) in [6.45, 7) is 13.9. The number of anilines is 4. The van der Waals surface area contributed by atoms with E-state index in [-0.39, 0.29) is 29.9 Å². The minimum absolute atomic E-state index is 0.0245. The van der Waals surface area contributed by atoms with Gasteiger partial charge in [-0.2, -0.15) is 13.2 Å². The van der Waals surface area contributed by atoms with Gasteiger partial charge in [0.1, 0.15) is 10.6 Å². The molecule has 4 amide bonds. The van der Waals surface area contributed by atoms with Crippen LogP contribution in [0.4, 0.5) is 40.7 Å². The number of thioether (sulfide) groups is 1. The minimum Gasteiger partial charge on any atom is -0.494 e. The molecule has 0 aromatic heterocycles. The number of sulfonamides is 1. The zero-order chi connectivity index (χ0) is 62.2. The van der Waals surface area contributed by atoms with Crippen LogP contribution in [-0.2, 0) is 29.4 Å². The monoisotopic (exact) mass is 1290 g/mol. The summed E-state index contributed by atoms with van der Waals surface area (Å²) in [5.41, 5.74) is 0.211. The molecule has 0 spiro atoms. The summed E-state index contributed by atoms with van der Waals surface area (Å²) in [6.07, 6.45) is 4.36. The van der Waals surface area contributed by atoms with Gasteiger partial charge in [0.2, 0.25) is 5.91 Å². The lowest BCUT2D eigenvalue weighted by atomic mass is 9.71. The maximum atomic E-state index is 14.4. The van der Waals surface area contributed by atoms with Crippen LogP contribution in [0.25, 0.3) is 5.57 Å². The van der Waals surface area contributed by atoms with Crippen LogP contribution in [0.15, 0.2) is 136 Å². The maximum absolute atomic E-state index is 14.4. The van der Waals surface area contributed by atoms with Crippen molar-refractivity contribution < 1.29 is 53.9 Å². The first-order valence-electron chi connectivity index (χ1n) is 29.7. The molecule has 25 heteroatoms. The Morgan fingerprint density at radius 2 is 1.48 bits per heavy atom. The van der Waals surface area contributed by atoms with Gasteiger partial charge in [-0.25, -0.2) is 26.4 Å². The van der Waals surface area contributed by atoms with Gasteiger partial charge in [-0.3, -0.25) is 29.6 Å². The Hall–Kier alpha value is -6.38. The van der Waals surface area contributed by atoms with Crippen LogP contribution in [0, 0.1) is 5.41 Å². The molecule has 4 heterocycles. The number of nitrogens with zero attached hydrogens (tertiary/aromatic N) is 6. The van der Waals surface area contributed by atoms with Crippen LogP contribution in [0.3, 0.4) is 0 Å². The maximum Gasteiger partial charge on any atom is 0.501 e. The zero-order valence-electron chi connectivity index (χ0n) is 49.4. The Kier molecular flexibility index (Phi) is 20.7. The fourth-order valence-corrected chi connectivity index (χ4v) is 15.4. The number of sulfone groups is 1. The Balaban J connectivity index is 0.759. The van der Waals surface area contributed by atoms with E-state index in [0.29, 0.717) is 74.1 Å². The van der Waals surface area contributed by atoms with Crippen LogP contribution in [0.2, 0.25) is 5.02 Å². The summed E-state index contributed by atoms with van der Waals surface area (Å²) in [5.74, 6) is -0.408. The zero-order valence-corrected chi connectivity index (χ0v) is 52.6. The Bertz CT molecular complexity index is 3550. The van der Waals surface area contributed by atoms with E-state index in [1.807, 2.05) is 65.4 Å². The molecule has 18 nitrogen and oxygen atoms in total. The van der Waals surface area contributed by atoms with Gasteiger partial charge in [-0.15, -0.1) is 11.8 Å². The number of methoxy groups -OCH3 is 1. The van der Waals surface area contributed by atoms with Gasteiger partial charge in [0.25, 0.3) is 25.8 Å². The van der Waals surface area contributed by atoms with Crippen LogP contribution in [0.1, 0.15) is 61.4 Å². The van der Waals surface area contributed by atoms with E-state index in [1.54, 1.807) is 19.2 Å². The van der Waals surface area contributed by atoms with Crippen molar-refractivity contribution in [3.8, 4) is 5.75 Å². The first-order chi connectivity index (χ1) is 42.1. The first-order valence-corrected chi connectivity index (χ1v) is 34.0. The molecule has 472 valence electrons. The van der Waals surface area contributed by atoms with Crippen molar-refractivity contribution in [2.45, 2.75) is 71.7 Å². The number of hydrogen-bond donors (Lipinski definition) is 3. The van der Waals surface area contributed by atoms with Crippen LogP contribution in [-0.4, -0.2) is 179 Å². The second-order valence-corrected chi connectivity index (χ2v) is 28.5. The van der Waals surface area contributed by atoms with E-state index in [2.05, 4.69) is 54.2 Å². The standard InChI is InChI=1S/C63H75ClF3N9O9S3/c1-62(44-73-30-34-75(35-31-73)51-17-20-56(57(39-51)84-2)76-27-23-59(77)69-61(76)79)24-21-54(45-9-13-48(64)14-10-45)47(41-62)42-72-28-32-74(33-29-72)50-15-11-46(12-16-50)60(78)70-88(82,83)53-18-19-55(58(40-53)87(80,81)63(65,66)67)68-49(43-86-52-7-4-3-5-8-52)22-26-71-25-6-37-85-38-36-71/h3-5,7-20,39-40,49,68H,6,21-38,41-44H2,1-2H3,(H,70,78)(H,69,77,79)/t49-,62-/m1/s1. The van der Waals surface area contributed by atoms with Crippen molar-refractivity contribution in [2.24, 2.45) is 5.41 Å². The van der Waals surface area contributed by atoms with Gasteiger partial charge >= 0.3 is 11.5 Å². The van der Waals surface area contributed by atoms with E-state index >= 15 is 0 Å². The highest BCUT2D eigenvalue weighted by Crippen LogP contribution is 2.45. The largest absolute Gasteiger partial charge is 0.501 e. The second-order valence-electron chi connectivity index (χ2n) is 23.4. The number of piperazine rings is 2. The Morgan fingerprint density at radius 3 is 2.17 bits per heavy atom. The molecule has 0 radical (unpaired) electrons. The summed E-state index contributed by atoms with van der Waals surface area (Å²) >= 11 is 7.82. The smallest absolute Gasteiger partial charge is 0.494 e. The van der Waals surface area contributed by atoms with E-state index < -0.39 is 58.8 Å². The molecule has 5 aliphatic rings. The topological polar surface area (TPSA) is 193 Å².